The Labute approximate surface area is 476 Å². The highest BCUT2D eigenvalue weighted by Gasteiger charge is 2.21. The SMILES string of the molecule is CC(C)(C)CCC1CCCC1.CC(C)(C)CCCCCCN1CCCC1.CC(C)(C)CCCCCN1CCCC1.CC(C)(C)CCCCN1CCCC1.CC(C)(C)CCCN1CCCC1.CC(C)(C)CN1CCCC1. The van der Waals surface area contributed by atoms with Crippen LogP contribution in [-0.2, 0) is 0 Å². The maximum Gasteiger partial charge on any atom is 0.00300 e. The normalized spacial score (nSPS) is 19.9. The zero-order chi connectivity index (χ0) is 56.3. The second-order valence-electron chi connectivity index (χ2n) is 32.8. The highest BCUT2D eigenvalue weighted by atomic mass is 15.2. The number of hydrogen-bond donors (Lipinski definition) is 0. The van der Waals surface area contributed by atoms with E-state index in [2.05, 4.69) is 149 Å². The van der Waals surface area contributed by atoms with Gasteiger partial charge in [0.1, 0.15) is 0 Å². The molecule has 1 aliphatic carbocycles. The summed E-state index contributed by atoms with van der Waals surface area (Å²) in [4.78, 5) is 13.0. The molecule has 5 aliphatic heterocycles. The summed E-state index contributed by atoms with van der Waals surface area (Å²) in [6.07, 6.45) is 42.8. The van der Waals surface area contributed by atoms with E-state index < -0.39 is 0 Å². The van der Waals surface area contributed by atoms with E-state index in [0.717, 1.165) is 5.92 Å². The molecule has 0 atom stereocenters. The minimum absolute atomic E-state index is 0.490. The van der Waals surface area contributed by atoms with E-state index in [1.165, 1.54) is 291 Å². The lowest BCUT2D eigenvalue weighted by Gasteiger charge is -2.25. The van der Waals surface area contributed by atoms with E-state index >= 15 is 0 Å². The van der Waals surface area contributed by atoms with Crippen LogP contribution in [0.4, 0.5) is 0 Å². The number of likely N-dealkylation sites (tertiary alicyclic amines) is 5. The predicted octanol–water partition coefficient (Wildman–Crippen LogP) is 20.1. The van der Waals surface area contributed by atoms with E-state index in [1.54, 1.807) is 0 Å². The maximum absolute atomic E-state index is 2.63. The van der Waals surface area contributed by atoms with Crippen LogP contribution in [0.25, 0.3) is 0 Å². The third-order valence-corrected chi connectivity index (χ3v) is 16.6. The molecule has 75 heavy (non-hydrogen) atoms. The summed E-state index contributed by atoms with van der Waals surface area (Å²) in [7, 11) is 0. The van der Waals surface area contributed by atoms with Crippen molar-refractivity contribution in [2.45, 2.75) is 317 Å². The minimum atomic E-state index is 0.490. The van der Waals surface area contributed by atoms with Crippen molar-refractivity contribution in [2.24, 2.45) is 38.4 Å². The first kappa shape index (κ1) is 72.8. The third-order valence-electron chi connectivity index (χ3n) is 16.6. The smallest absolute Gasteiger partial charge is 0.00300 e. The summed E-state index contributed by atoms with van der Waals surface area (Å²) >= 11 is 0. The first-order chi connectivity index (χ1) is 35.0. The molecule has 6 rings (SSSR count). The van der Waals surface area contributed by atoms with Gasteiger partial charge < -0.3 is 24.5 Å². The summed E-state index contributed by atoms with van der Waals surface area (Å²) in [5.41, 5.74) is 3.18. The van der Waals surface area contributed by atoms with E-state index in [1.807, 2.05) is 0 Å². The number of hydrogen-bond acceptors (Lipinski definition) is 5. The van der Waals surface area contributed by atoms with E-state index in [-0.39, 0.29) is 0 Å². The van der Waals surface area contributed by atoms with Crippen LogP contribution in [0.15, 0.2) is 0 Å². The standard InChI is InChI=1S/C14H29N.C13H27N.C12H25N.C11H23N.C11H22.C9H19N/c1-14(2,3)10-6-4-5-7-11-15-12-8-9-13-15;1-13(2,3)9-5-4-6-10-14-11-7-8-12-14;1-12(2,3)8-4-5-9-13-10-6-7-11-13;1-11(2,3)7-6-10-12-8-4-5-9-12;1-11(2,3)9-8-10-6-4-5-7-10;1-9(2,3)8-10-6-4-5-7-10/h4-13H2,1-3H3;4-12H2,1-3H3;4-11H2,1-3H3;4-10H2,1-3H3;10H,4-9H2,1-3H3;4-8H2,1-3H3. The number of rotatable bonds is 21. The van der Waals surface area contributed by atoms with Crippen molar-refractivity contribution in [3.63, 3.8) is 0 Å². The summed E-state index contributed by atoms with van der Waals surface area (Å²) < 4.78 is 0. The van der Waals surface area contributed by atoms with Crippen molar-refractivity contribution in [1.29, 1.82) is 0 Å². The van der Waals surface area contributed by atoms with Gasteiger partial charge in [-0.25, -0.2) is 0 Å². The molecular weight excluding hydrogens is 911 g/mol. The lowest BCUT2D eigenvalue weighted by atomic mass is 9.86. The molecule has 0 aromatic carbocycles. The molecule has 0 amide bonds. The Morgan fingerprint density at radius 2 is 0.480 bits per heavy atom. The van der Waals surface area contributed by atoms with Crippen molar-refractivity contribution in [1.82, 2.24) is 24.5 Å². The largest absolute Gasteiger partial charge is 0.303 e. The molecular formula is C70H145N5. The van der Waals surface area contributed by atoms with E-state index in [0.29, 0.717) is 32.5 Å². The van der Waals surface area contributed by atoms with Gasteiger partial charge in [0.05, 0.1) is 0 Å². The van der Waals surface area contributed by atoms with Gasteiger partial charge >= 0.3 is 0 Å². The van der Waals surface area contributed by atoms with Gasteiger partial charge in [0.15, 0.2) is 0 Å². The lowest BCUT2D eigenvalue weighted by Crippen LogP contribution is -2.29. The Kier molecular flexibility index (Phi) is 38.9. The van der Waals surface area contributed by atoms with Crippen LogP contribution in [0.1, 0.15) is 317 Å². The van der Waals surface area contributed by atoms with Crippen LogP contribution in [0.2, 0.25) is 0 Å². The van der Waals surface area contributed by atoms with Crippen molar-refractivity contribution < 1.29 is 0 Å². The van der Waals surface area contributed by atoms with E-state index in [9.17, 15) is 0 Å². The average molecular weight is 1060 g/mol. The van der Waals surface area contributed by atoms with Crippen LogP contribution in [-0.4, -0.2) is 123 Å². The van der Waals surface area contributed by atoms with Gasteiger partial charge in [0.25, 0.3) is 0 Å². The van der Waals surface area contributed by atoms with Gasteiger partial charge in [-0.05, 0) is 258 Å². The molecule has 0 aromatic rings. The fraction of sp³-hybridized carbons (Fsp3) is 1.00. The van der Waals surface area contributed by atoms with Crippen LogP contribution < -0.4 is 0 Å². The zero-order valence-electron chi connectivity index (χ0n) is 55.6. The maximum atomic E-state index is 2.63. The Bertz CT molecular complexity index is 1250. The molecule has 5 saturated heterocycles. The molecule has 1 saturated carbocycles. The van der Waals surface area contributed by atoms with Crippen LogP contribution in [0, 0.1) is 38.4 Å². The summed E-state index contributed by atoms with van der Waals surface area (Å²) in [6.45, 7) is 62.2. The Morgan fingerprint density at radius 3 is 0.787 bits per heavy atom. The second-order valence-corrected chi connectivity index (χ2v) is 32.8. The van der Waals surface area contributed by atoms with Crippen molar-refractivity contribution in [3.8, 4) is 0 Å². The monoisotopic (exact) mass is 1060 g/mol. The minimum Gasteiger partial charge on any atom is -0.303 e. The van der Waals surface area contributed by atoms with Crippen molar-refractivity contribution in [2.75, 3.05) is 98.2 Å². The molecule has 0 aromatic heterocycles. The van der Waals surface area contributed by atoms with Crippen LogP contribution >= 0.6 is 0 Å². The highest BCUT2D eigenvalue weighted by Crippen LogP contribution is 2.33. The Hall–Kier alpha value is -0.200. The van der Waals surface area contributed by atoms with Gasteiger partial charge in [-0.15, -0.1) is 0 Å². The van der Waals surface area contributed by atoms with Gasteiger partial charge in [-0.1, -0.05) is 189 Å². The first-order valence-electron chi connectivity index (χ1n) is 33.6. The fourth-order valence-electron chi connectivity index (χ4n) is 11.9. The Balaban J connectivity index is 0.000000452. The Morgan fingerprint density at radius 1 is 0.240 bits per heavy atom. The van der Waals surface area contributed by atoms with Crippen LogP contribution in [0.3, 0.4) is 0 Å². The molecule has 6 fully saturated rings. The molecule has 5 nitrogen and oxygen atoms in total. The first-order valence-corrected chi connectivity index (χ1v) is 33.6. The molecule has 6 aliphatic rings. The van der Waals surface area contributed by atoms with Crippen molar-refractivity contribution in [3.05, 3.63) is 0 Å². The molecule has 0 radical (unpaired) electrons. The third kappa shape index (κ3) is 50.5. The molecule has 5 heteroatoms. The lowest BCUT2D eigenvalue weighted by molar-refractivity contribution is 0.227. The quantitative estimate of drug-likeness (QED) is 0.106. The summed E-state index contributed by atoms with van der Waals surface area (Å²) in [5.74, 6) is 1.08. The molecule has 0 spiro atoms. The second kappa shape index (κ2) is 40.1. The number of unbranched alkanes of at least 4 members (excludes halogenated alkanes) is 6. The van der Waals surface area contributed by atoms with Crippen LogP contribution in [0.5, 0.6) is 0 Å². The summed E-state index contributed by atoms with van der Waals surface area (Å²) in [6, 6.07) is 0. The fourth-order valence-corrected chi connectivity index (χ4v) is 11.9. The molecule has 0 unspecified atom stereocenters. The van der Waals surface area contributed by atoms with E-state index in [4.69, 9.17) is 0 Å². The predicted molar refractivity (Wildman–Crippen MR) is 341 cm³/mol. The number of nitrogens with zero attached hydrogens (tertiary/aromatic N) is 5. The molecule has 450 valence electrons. The van der Waals surface area contributed by atoms with Gasteiger partial charge in [0, 0.05) is 6.54 Å². The molecule has 0 N–H and O–H groups in total. The topological polar surface area (TPSA) is 16.2 Å². The zero-order valence-corrected chi connectivity index (χ0v) is 55.6. The van der Waals surface area contributed by atoms with Gasteiger partial charge in [0.2, 0.25) is 0 Å². The molecule has 0 bridgehead atoms. The van der Waals surface area contributed by atoms with Gasteiger partial charge in [-0.3, -0.25) is 0 Å². The van der Waals surface area contributed by atoms with Crippen molar-refractivity contribution >= 4 is 0 Å². The summed E-state index contributed by atoms with van der Waals surface area (Å²) in [5, 5.41) is 0. The average Bonchev–Trinajstić information content (AvgIpc) is 4.14. The molecule has 5 heterocycles. The van der Waals surface area contributed by atoms with Gasteiger partial charge in [-0.2, -0.15) is 0 Å². The highest BCUT2D eigenvalue weighted by molar-refractivity contribution is 4.75.